The molecule has 1 aliphatic carbocycles. The van der Waals surface area contributed by atoms with Gasteiger partial charge in [0.25, 0.3) is 8.32 Å². The van der Waals surface area contributed by atoms with E-state index in [0.29, 0.717) is 28.6 Å². The molecule has 0 bridgehead atoms. The van der Waals surface area contributed by atoms with Gasteiger partial charge in [0.15, 0.2) is 33.8 Å². The van der Waals surface area contributed by atoms with Crippen molar-refractivity contribution in [2.45, 2.75) is 87.4 Å². The maximum absolute atomic E-state index is 14.0. The number of aromatic nitrogens is 5. The molecule has 1 saturated carbocycles. The highest BCUT2D eigenvalue weighted by Crippen LogP contribution is 2.44. The van der Waals surface area contributed by atoms with Crippen LogP contribution in [0.25, 0.3) is 11.2 Å². The average Bonchev–Trinajstić information content (AvgIpc) is 3.56. The minimum Gasteiger partial charge on any atom is -0.405 e. The van der Waals surface area contributed by atoms with Crippen molar-refractivity contribution in [1.29, 1.82) is 0 Å². The van der Waals surface area contributed by atoms with Crippen LogP contribution >= 0.6 is 11.8 Å². The quantitative estimate of drug-likeness (QED) is 0.0828. The molecule has 0 unspecified atom stereocenters. The summed E-state index contributed by atoms with van der Waals surface area (Å²) < 4.78 is 43.2. The molecule has 1 saturated heterocycles. The molecule has 1 aliphatic heterocycles. The number of halogens is 2. The smallest absolute Gasteiger partial charge is 0.261 e. The molecule has 2 fully saturated rings. The summed E-state index contributed by atoms with van der Waals surface area (Å²) in [5.41, 5.74) is 1.83. The zero-order chi connectivity index (χ0) is 35.8. The lowest BCUT2D eigenvalue weighted by molar-refractivity contribution is -0.0166. The summed E-state index contributed by atoms with van der Waals surface area (Å²) in [5, 5.41) is 25.7. The fraction of sp³-hybridized carbons (Fsp3) is 0.421. The zero-order valence-corrected chi connectivity index (χ0v) is 31.1. The highest BCUT2D eigenvalue weighted by molar-refractivity contribution is 7.99. The fourth-order valence-corrected chi connectivity index (χ4v) is 12.6. The third-order valence-corrected chi connectivity index (χ3v) is 16.0. The molecule has 3 heterocycles. The standard InChI is InChI=1S/C38H44F2N6O3SSi/c1-5-18-50-37-42-35(41-31-21-28(31)24-16-17-29(39)30(40)19-24)34-36(43-37)46(45-44-34)32-20-25(22-47)49-33(32)23-48-51(38(2,3)4,26-12-8-6-9-13-26)27-14-10-7-11-15-27/h6-17,19,25,28,31-33,47H,5,18,20-23H2,1-4H3,(H,41,42,43)/t25-,28+,31-,32-,33+/m1/s1. The van der Waals surface area contributed by atoms with Gasteiger partial charge in [-0.15, -0.1) is 5.10 Å². The van der Waals surface area contributed by atoms with Crippen LogP contribution in [0.15, 0.2) is 84.0 Å². The van der Waals surface area contributed by atoms with Crippen LogP contribution in [0, 0.1) is 11.6 Å². The molecule has 0 radical (unpaired) electrons. The Labute approximate surface area is 302 Å². The van der Waals surface area contributed by atoms with Gasteiger partial charge in [-0.1, -0.05) is 111 Å². The first-order chi connectivity index (χ1) is 24.6. The summed E-state index contributed by atoms with van der Waals surface area (Å²) in [7, 11) is -2.87. The predicted molar refractivity (Wildman–Crippen MR) is 198 cm³/mol. The maximum atomic E-state index is 14.0. The van der Waals surface area contributed by atoms with Crippen molar-refractivity contribution in [3.05, 3.63) is 96.1 Å². The number of benzene rings is 3. The van der Waals surface area contributed by atoms with Crippen LogP contribution in [0.3, 0.4) is 0 Å². The minimum absolute atomic E-state index is 0.0171. The summed E-state index contributed by atoms with van der Waals surface area (Å²) in [6.45, 7) is 8.98. The van der Waals surface area contributed by atoms with E-state index in [2.05, 4.69) is 91.9 Å². The van der Waals surface area contributed by atoms with Crippen molar-refractivity contribution < 1.29 is 23.1 Å². The van der Waals surface area contributed by atoms with E-state index in [1.54, 1.807) is 17.8 Å². The van der Waals surface area contributed by atoms with Crippen LogP contribution in [-0.2, 0) is 9.16 Å². The monoisotopic (exact) mass is 730 g/mol. The highest BCUT2D eigenvalue weighted by atomic mass is 32.2. The number of anilines is 1. The van der Waals surface area contributed by atoms with Gasteiger partial charge in [-0.05, 0) is 45.9 Å². The molecule has 5 atom stereocenters. The number of nitrogens with zero attached hydrogens (tertiary/aromatic N) is 5. The van der Waals surface area contributed by atoms with Crippen LogP contribution in [0.1, 0.15) is 64.5 Å². The van der Waals surface area contributed by atoms with Crippen LogP contribution in [-0.4, -0.2) is 75.6 Å². The number of rotatable bonds is 13. The van der Waals surface area contributed by atoms with Gasteiger partial charge in [-0.3, -0.25) is 0 Å². The maximum Gasteiger partial charge on any atom is 0.261 e. The number of fused-ring (bicyclic) bond motifs is 1. The van der Waals surface area contributed by atoms with E-state index in [0.717, 1.165) is 24.2 Å². The van der Waals surface area contributed by atoms with Gasteiger partial charge in [0.2, 0.25) is 0 Å². The molecule has 0 spiro atoms. The molecule has 3 aromatic carbocycles. The van der Waals surface area contributed by atoms with Crippen molar-refractivity contribution in [2.24, 2.45) is 0 Å². The molecule has 9 nitrogen and oxygen atoms in total. The van der Waals surface area contributed by atoms with Gasteiger partial charge < -0.3 is 19.6 Å². The van der Waals surface area contributed by atoms with Gasteiger partial charge in [0, 0.05) is 24.1 Å². The molecule has 2 aromatic heterocycles. The summed E-state index contributed by atoms with van der Waals surface area (Å²) in [6.07, 6.45) is 1.36. The van der Waals surface area contributed by atoms with Gasteiger partial charge >= 0.3 is 0 Å². The van der Waals surface area contributed by atoms with E-state index < -0.39 is 32.2 Å². The van der Waals surface area contributed by atoms with E-state index in [-0.39, 0.29) is 36.3 Å². The minimum atomic E-state index is -2.87. The van der Waals surface area contributed by atoms with E-state index in [1.165, 1.54) is 22.5 Å². The SMILES string of the molecule is CCCSc1nc(N[C@@H]2C[C@H]2c2ccc(F)c(F)c2)c2nnn([C@@H]3C[C@H](CO)O[C@H]3CO[Si](c3ccccc3)(c3ccccc3)C(C)(C)C)c2n1. The van der Waals surface area contributed by atoms with Crippen LogP contribution in [0.2, 0.25) is 5.04 Å². The second kappa shape index (κ2) is 14.7. The molecule has 13 heteroatoms. The van der Waals surface area contributed by atoms with Crippen molar-refractivity contribution in [1.82, 2.24) is 25.0 Å². The molecular weight excluding hydrogens is 687 g/mol. The number of hydrogen-bond acceptors (Lipinski definition) is 9. The molecular formula is C38H44F2N6O3SSi. The average molecular weight is 731 g/mol. The van der Waals surface area contributed by atoms with E-state index in [9.17, 15) is 13.9 Å². The van der Waals surface area contributed by atoms with Crippen molar-refractivity contribution in [3.63, 3.8) is 0 Å². The van der Waals surface area contributed by atoms with Crippen molar-refractivity contribution in [3.8, 4) is 0 Å². The molecule has 2 N–H and O–H groups in total. The number of aliphatic hydroxyl groups excluding tert-OH is 1. The Hall–Kier alpha value is -3.75. The Kier molecular flexibility index (Phi) is 10.3. The lowest BCUT2D eigenvalue weighted by Gasteiger charge is -2.43. The summed E-state index contributed by atoms with van der Waals surface area (Å²) >= 11 is 1.56. The van der Waals surface area contributed by atoms with Gasteiger partial charge in [-0.25, -0.2) is 23.4 Å². The molecule has 2 aliphatic rings. The molecule has 51 heavy (non-hydrogen) atoms. The number of aliphatic hydroxyl groups is 1. The van der Waals surface area contributed by atoms with E-state index in [4.69, 9.17) is 19.1 Å². The Morgan fingerprint density at radius 1 is 0.980 bits per heavy atom. The summed E-state index contributed by atoms with van der Waals surface area (Å²) in [5.74, 6) is -0.301. The third kappa shape index (κ3) is 7.06. The Bertz CT molecular complexity index is 1920. The third-order valence-electron chi connectivity index (χ3n) is 9.92. The number of ether oxygens (including phenoxy) is 1. The second-order valence-corrected chi connectivity index (χ2v) is 19.8. The predicted octanol–water partition coefficient (Wildman–Crippen LogP) is 6.24. The molecule has 5 aromatic rings. The lowest BCUT2D eigenvalue weighted by Crippen LogP contribution is -2.67. The Balaban J connectivity index is 1.22. The molecule has 7 rings (SSSR count). The van der Waals surface area contributed by atoms with Crippen LogP contribution in [0.4, 0.5) is 14.6 Å². The first kappa shape index (κ1) is 35.6. The van der Waals surface area contributed by atoms with Crippen molar-refractivity contribution >= 4 is 47.4 Å². The number of hydrogen-bond donors (Lipinski definition) is 2. The lowest BCUT2D eigenvalue weighted by atomic mass is 10.1. The first-order valence-corrected chi connectivity index (χ1v) is 20.5. The molecule has 268 valence electrons. The summed E-state index contributed by atoms with van der Waals surface area (Å²) in [4.78, 5) is 9.77. The normalized spacial score (nSPS) is 22.1. The van der Waals surface area contributed by atoms with E-state index in [1.807, 2.05) is 16.8 Å². The number of thioether (sulfide) groups is 1. The van der Waals surface area contributed by atoms with Crippen LogP contribution < -0.4 is 15.7 Å². The number of nitrogens with one attached hydrogen (secondary N) is 1. The summed E-state index contributed by atoms with van der Waals surface area (Å²) in [6, 6.07) is 24.7. The Morgan fingerprint density at radius 2 is 1.69 bits per heavy atom. The van der Waals surface area contributed by atoms with Crippen LogP contribution in [0.5, 0.6) is 0 Å². The first-order valence-electron chi connectivity index (χ1n) is 17.6. The van der Waals surface area contributed by atoms with Gasteiger partial charge in [-0.2, -0.15) is 0 Å². The van der Waals surface area contributed by atoms with Crippen molar-refractivity contribution in [2.75, 3.05) is 24.3 Å². The van der Waals surface area contributed by atoms with Gasteiger partial charge in [0.05, 0.1) is 25.4 Å². The second-order valence-electron chi connectivity index (χ2n) is 14.4. The zero-order valence-electron chi connectivity index (χ0n) is 29.3. The van der Waals surface area contributed by atoms with Gasteiger partial charge in [0.1, 0.15) is 6.10 Å². The topological polar surface area (TPSA) is 107 Å². The van der Waals surface area contributed by atoms with E-state index >= 15 is 0 Å². The fourth-order valence-electron chi connectivity index (χ4n) is 7.34. The highest BCUT2D eigenvalue weighted by Gasteiger charge is 2.51. The Morgan fingerprint density at radius 3 is 2.31 bits per heavy atom. The largest absolute Gasteiger partial charge is 0.405 e. The molecule has 0 amide bonds.